The molecule has 0 saturated carbocycles. The molecule has 10 heavy (non-hydrogen) atoms. The molecule has 0 fully saturated rings. The second kappa shape index (κ2) is 2.91. The molecular weight excluding hydrogens is 124 g/mol. The van der Waals surface area contributed by atoms with E-state index in [2.05, 4.69) is 26.0 Å². The van der Waals surface area contributed by atoms with Gasteiger partial charge in [0.1, 0.15) is 0 Å². The Morgan fingerprint density at radius 2 is 2.30 bits per heavy atom. The fourth-order valence-corrected chi connectivity index (χ4v) is 1.33. The molecule has 0 aromatic heterocycles. The first kappa shape index (κ1) is 7.39. The van der Waals surface area contributed by atoms with Crippen LogP contribution in [0, 0.1) is 5.92 Å². The number of methoxy groups -OCH3 is 1. The number of rotatable bonds is 1. The molecule has 1 nitrogen and oxygen atoms in total. The molecule has 1 heteroatoms. The summed E-state index contributed by atoms with van der Waals surface area (Å²) < 4.78 is 5.15. The van der Waals surface area contributed by atoms with Gasteiger partial charge in [0.2, 0.25) is 0 Å². The van der Waals surface area contributed by atoms with Gasteiger partial charge in [-0.2, -0.15) is 0 Å². The fourth-order valence-electron chi connectivity index (χ4n) is 1.33. The van der Waals surface area contributed by atoms with Gasteiger partial charge < -0.3 is 4.74 Å². The molecule has 0 saturated heterocycles. The summed E-state index contributed by atoms with van der Waals surface area (Å²) in [5.41, 5.74) is 1.32. The maximum Gasteiger partial charge on any atom is 0.0963 e. The second-order valence-corrected chi connectivity index (χ2v) is 2.91. The van der Waals surface area contributed by atoms with E-state index in [1.165, 1.54) is 5.57 Å². The Balaban J connectivity index is 2.70. The van der Waals surface area contributed by atoms with Crippen LogP contribution in [0.2, 0.25) is 0 Å². The van der Waals surface area contributed by atoms with Gasteiger partial charge in [-0.15, -0.1) is 0 Å². The van der Waals surface area contributed by atoms with Crippen molar-refractivity contribution in [3.63, 3.8) is 0 Å². The van der Waals surface area contributed by atoms with Gasteiger partial charge in [-0.25, -0.2) is 0 Å². The van der Waals surface area contributed by atoms with Crippen molar-refractivity contribution in [3.05, 3.63) is 23.5 Å². The van der Waals surface area contributed by atoms with E-state index in [0.29, 0.717) is 5.92 Å². The first-order valence-corrected chi connectivity index (χ1v) is 3.65. The monoisotopic (exact) mass is 138 g/mol. The number of hydrogen-bond donors (Lipinski definition) is 0. The highest BCUT2D eigenvalue weighted by molar-refractivity contribution is 5.24. The van der Waals surface area contributed by atoms with Crippen molar-refractivity contribution < 1.29 is 4.74 Å². The van der Waals surface area contributed by atoms with Crippen molar-refractivity contribution in [1.82, 2.24) is 0 Å². The smallest absolute Gasteiger partial charge is 0.0963 e. The molecule has 0 aromatic rings. The van der Waals surface area contributed by atoms with Crippen LogP contribution in [-0.4, -0.2) is 7.11 Å². The largest absolute Gasteiger partial charge is 0.501 e. The minimum absolute atomic E-state index is 0.639. The molecule has 0 radical (unpaired) electrons. The Morgan fingerprint density at radius 1 is 1.60 bits per heavy atom. The summed E-state index contributed by atoms with van der Waals surface area (Å²) in [6.07, 6.45) is 5.41. The lowest BCUT2D eigenvalue weighted by Crippen LogP contribution is -2.01. The molecule has 1 aliphatic rings. The number of allylic oxidation sites excluding steroid dienone is 4. The summed E-state index contributed by atoms with van der Waals surface area (Å²) in [6.45, 7) is 4.31. The summed E-state index contributed by atoms with van der Waals surface area (Å²) in [5, 5.41) is 0. The molecule has 0 aromatic carbocycles. The standard InChI is InChI=1S/C9H14O/c1-7-4-8(2)6-9(5-7)10-3/h4-5,8H,6H2,1-3H3. The molecule has 1 unspecified atom stereocenters. The predicted molar refractivity (Wildman–Crippen MR) is 42.6 cm³/mol. The van der Waals surface area contributed by atoms with Gasteiger partial charge in [0.05, 0.1) is 12.9 Å². The predicted octanol–water partition coefficient (Wildman–Crippen LogP) is 2.50. The lowest BCUT2D eigenvalue weighted by Gasteiger charge is -2.15. The van der Waals surface area contributed by atoms with Crippen LogP contribution in [0.1, 0.15) is 20.3 Å². The summed E-state index contributed by atoms with van der Waals surface area (Å²) in [7, 11) is 1.73. The van der Waals surface area contributed by atoms with Gasteiger partial charge in [-0.05, 0) is 18.9 Å². The molecule has 1 aliphatic carbocycles. The van der Waals surface area contributed by atoms with Crippen LogP contribution in [0.5, 0.6) is 0 Å². The van der Waals surface area contributed by atoms with Crippen LogP contribution in [0.15, 0.2) is 23.5 Å². The molecule has 56 valence electrons. The Kier molecular flexibility index (Phi) is 2.15. The van der Waals surface area contributed by atoms with Gasteiger partial charge in [-0.3, -0.25) is 0 Å². The fraction of sp³-hybridized carbons (Fsp3) is 0.556. The minimum Gasteiger partial charge on any atom is -0.501 e. The third kappa shape index (κ3) is 1.63. The van der Waals surface area contributed by atoms with E-state index < -0.39 is 0 Å². The Hall–Kier alpha value is -0.720. The van der Waals surface area contributed by atoms with Crippen molar-refractivity contribution in [2.24, 2.45) is 5.92 Å². The second-order valence-electron chi connectivity index (χ2n) is 2.91. The van der Waals surface area contributed by atoms with Crippen molar-refractivity contribution in [2.45, 2.75) is 20.3 Å². The van der Waals surface area contributed by atoms with E-state index in [4.69, 9.17) is 4.74 Å². The van der Waals surface area contributed by atoms with E-state index in [0.717, 1.165) is 12.2 Å². The maximum atomic E-state index is 5.15. The summed E-state index contributed by atoms with van der Waals surface area (Å²) in [4.78, 5) is 0. The minimum atomic E-state index is 0.639. The average molecular weight is 138 g/mol. The first-order chi connectivity index (χ1) is 4.72. The van der Waals surface area contributed by atoms with Crippen LogP contribution in [0.3, 0.4) is 0 Å². The van der Waals surface area contributed by atoms with Crippen molar-refractivity contribution in [1.29, 1.82) is 0 Å². The maximum absolute atomic E-state index is 5.15. The Morgan fingerprint density at radius 3 is 2.80 bits per heavy atom. The molecule has 1 rings (SSSR count). The molecule has 0 bridgehead atoms. The van der Waals surface area contributed by atoms with E-state index >= 15 is 0 Å². The van der Waals surface area contributed by atoms with Crippen LogP contribution in [0.25, 0.3) is 0 Å². The Labute approximate surface area is 62.4 Å². The van der Waals surface area contributed by atoms with Crippen molar-refractivity contribution >= 4 is 0 Å². The van der Waals surface area contributed by atoms with Crippen LogP contribution < -0.4 is 0 Å². The van der Waals surface area contributed by atoms with Crippen LogP contribution in [-0.2, 0) is 4.74 Å². The first-order valence-electron chi connectivity index (χ1n) is 3.65. The zero-order valence-electron chi connectivity index (χ0n) is 6.85. The van der Waals surface area contributed by atoms with Crippen LogP contribution in [0.4, 0.5) is 0 Å². The van der Waals surface area contributed by atoms with Gasteiger partial charge in [-0.1, -0.05) is 18.6 Å². The van der Waals surface area contributed by atoms with E-state index in [9.17, 15) is 0 Å². The summed E-state index contributed by atoms with van der Waals surface area (Å²) in [6, 6.07) is 0. The van der Waals surface area contributed by atoms with Crippen LogP contribution >= 0.6 is 0 Å². The molecule has 0 aliphatic heterocycles. The number of hydrogen-bond acceptors (Lipinski definition) is 1. The third-order valence-corrected chi connectivity index (χ3v) is 1.72. The summed E-state index contributed by atoms with van der Waals surface area (Å²) >= 11 is 0. The van der Waals surface area contributed by atoms with Gasteiger partial charge in [0.15, 0.2) is 0 Å². The molecule has 0 N–H and O–H groups in total. The van der Waals surface area contributed by atoms with E-state index in [-0.39, 0.29) is 0 Å². The van der Waals surface area contributed by atoms with E-state index in [1.54, 1.807) is 7.11 Å². The zero-order valence-corrected chi connectivity index (χ0v) is 6.85. The number of ether oxygens (including phenoxy) is 1. The Bertz CT molecular complexity index is 177. The normalized spacial score (nSPS) is 25.3. The summed E-state index contributed by atoms with van der Waals surface area (Å²) in [5.74, 6) is 1.74. The SMILES string of the molecule is COC1=CC(C)=CC(C)C1. The van der Waals surface area contributed by atoms with E-state index in [1.807, 2.05) is 0 Å². The van der Waals surface area contributed by atoms with Gasteiger partial charge in [0.25, 0.3) is 0 Å². The quantitative estimate of drug-likeness (QED) is 0.541. The van der Waals surface area contributed by atoms with Gasteiger partial charge in [0, 0.05) is 6.42 Å². The lowest BCUT2D eigenvalue weighted by atomic mass is 9.97. The zero-order chi connectivity index (χ0) is 7.56. The lowest BCUT2D eigenvalue weighted by molar-refractivity contribution is 0.266. The highest BCUT2D eigenvalue weighted by Gasteiger charge is 2.08. The molecule has 0 amide bonds. The van der Waals surface area contributed by atoms with Crippen molar-refractivity contribution in [2.75, 3.05) is 7.11 Å². The highest BCUT2D eigenvalue weighted by Crippen LogP contribution is 2.21. The molecular formula is C9H14O. The molecule has 1 atom stereocenters. The molecule has 0 heterocycles. The topological polar surface area (TPSA) is 9.23 Å². The van der Waals surface area contributed by atoms with Crippen molar-refractivity contribution in [3.8, 4) is 0 Å². The van der Waals surface area contributed by atoms with Gasteiger partial charge >= 0.3 is 0 Å². The average Bonchev–Trinajstić information content (AvgIpc) is 1.85. The molecule has 0 spiro atoms. The third-order valence-electron chi connectivity index (χ3n) is 1.72. The highest BCUT2D eigenvalue weighted by atomic mass is 16.5.